The fraction of sp³-hybridized carbons (Fsp3) is 0.550. The lowest BCUT2D eigenvalue weighted by Crippen LogP contribution is -2.47. The van der Waals surface area contributed by atoms with Crippen LogP contribution < -0.4 is 5.32 Å². The molecule has 2 aliphatic carbocycles. The van der Waals surface area contributed by atoms with Gasteiger partial charge in [-0.1, -0.05) is 17.8 Å². The van der Waals surface area contributed by atoms with Gasteiger partial charge < -0.3 is 5.32 Å². The number of alkyl halides is 1. The summed E-state index contributed by atoms with van der Waals surface area (Å²) in [5.41, 5.74) is -0.531. The van der Waals surface area contributed by atoms with Crippen LogP contribution in [0.15, 0.2) is 23.2 Å². The van der Waals surface area contributed by atoms with Crippen molar-refractivity contribution in [2.24, 2.45) is 4.99 Å². The van der Waals surface area contributed by atoms with Gasteiger partial charge in [-0.15, -0.1) is 0 Å². The minimum absolute atomic E-state index is 0.0388. The Balaban J connectivity index is 1.55. The summed E-state index contributed by atoms with van der Waals surface area (Å²) in [4.78, 5) is 30.8. The summed E-state index contributed by atoms with van der Waals surface area (Å²) in [6.07, 6.45) is 3.62. The van der Waals surface area contributed by atoms with Crippen LogP contribution in [-0.4, -0.2) is 45.4 Å². The third-order valence-electron chi connectivity index (χ3n) is 5.40. The largest absolute Gasteiger partial charge is 0.353 e. The number of amidine groups is 1. The van der Waals surface area contributed by atoms with Crippen LogP contribution in [0.2, 0.25) is 0 Å². The number of hydrogen-bond acceptors (Lipinski definition) is 4. The van der Waals surface area contributed by atoms with Crippen molar-refractivity contribution in [2.45, 2.75) is 62.4 Å². The van der Waals surface area contributed by atoms with Crippen LogP contribution in [0.5, 0.6) is 0 Å². The zero-order chi connectivity index (χ0) is 19.9. The van der Waals surface area contributed by atoms with Crippen molar-refractivity contribution in [3.8, 4) is 0 Å². The minimum Gasteiger partial charge on any atom is -0.353 e. The SMILES string of the molecule is Cc1ccc(N=C2SC(CC(=O)NC3CC3)C(=O)N2CC2(F)CCC2)cc1F. The molecule has 1 heterocycles. The molecule has 0 spiro atoms. The molecule has 5 nitrogen and oxygen atoms in total. The molecule has 1 aromatic carbocycles. The second-order valence-corrected chi connectivity index (χ2v) is 9.08. The molecule has 8 heteroatoms. The van der Waals surface area contributed by atoms with Crippen molar-refractivity contribution in [1.29, 1.82) is 0 Å². The fourth-order valence-electron chi connectivity index (χ4n) is 3.32. The first-order valence-corrected chi connectivity index (χ1v) is 10.5. The van der Waals surface area contributed by atoms with E-state index in [0.717, 1.165) is 31.0 Å². The number of benzene rings is 1. The molecule has 1 aromatic rings. The molecule has 0 aromatic heterocycles. The van der Waals surface area contributed by atoms with E-state index in [2.05, 4.69) is 10.3 Å². The average molecular weight is 407 g/mol. The zero-order valence-corrected chi connectivity index (χ0v) is 16.5. The van der Waals surface area contributed by atoms with Gasteiger partial charge in [0.05, 0.1) is 12.2 Å². The number of amides is 2. The number of nitrogens with one attached hydrogen (secondary N) is 1. The number of thioether (sulfide) groups is 1. The Morgan fingerprint density at radius 3 is 2.75 bits per heavy atom. The van der Waals surface area contributed by atoms with Crippen LogP contribution in [0.4, 0.5) is 14.5 Å². The van der Waals surface area contributed by atoms with Gasteiger partial charge in [-0.3, -0.25) is 14.5 Å². The van der Waals surface area contributed by atoms with Gasteiger partial charge in [-0.05, 0) is 56.7 Å². The summed E-state index contributed by atoms with van der Waals surface area (Å²) in [7, 11) is 0. The highest BCUT2D eigenvalue weighted by molar-refractivity contribution is 8.15. The lowest BCUT2D eigenvalue weighted by Gasteiger charge is -2.36. The quantitative estimate of drug-likeness (QED) is 0.783. The van der Waals surface area contributed by atoms with Crippen LogP contribution in [0.3, 0.4) is 0 Å². The summed E-state index contributed by atoms with van der Waals surface area (Å²) >= 11 is 1.16. The van der Waals surface area contributed by atoms with E-state index in [1.54, 1.807) is 19.1 Å². The van der Waals surface area contributed by atoms with Crippen molar-refractivity contribution in [1.82, 2.24) is 10.2 Å². The molecule has 2 amide bonds. The van der Waals surface area contributed by atoms with E-state index in [1.165, 1.54) is 11.0 Å². The van der Waals surface area contributed by atoms with E-state index in [4.69, 9.17) is 0 Å². The second-order valence-electron chi connectivity index (χ2n) is 7.91. The van der Waals surface area contributed by atoms with Crippen LogP contribution in [0.1, 0.15) is 44.1 Å². The molecule has 28 heavy (non-hydrogen) atoms. The molecular formula is C20H23F2N3O2S. The number of aliphatic imine (C=N–C) groups is 1. The summed E-state index contributed by atoms with van der Waals surface area (Å²) in [6.45, 7) is 1.59. The van der Waals surface area contributed by atoms with E-state index < -0.39 is 10.9 Å². The molecule has 1 atom stereocenters. The van der Waals surface area contributed by atoms with Gasteiger partial charge in [0.2, 0.25) is 11.8 Å². The van der Waals surface area contributed by atoms with Gasteiger partial charge in [-0.25, -0.2) is 13.8 Å². The number of halogens is 2. The first-order valence-electron chi connectivity index (χ1n) is 9.64. The predicted molar refractivity (Wildman–Crippen MR) is 105 cm³/mol. The molecule has 1 N–H and O–H groups in total. The number of aryl methyl sites for hydroxylation is 1. The topological polar surface area (TPSA) is 61.8 Å². The van der Waals surface area contributed by atoms with Crippen molar-refractivity contribution in [3.05, 3.63) is 29.6 Å². The Morgan fingerprint density at radius 1 is 1.39 bits per heavy atom. The van der Waals surface area contributed by atoms with Crippen LogP contribution >= 0.6 is 11.8 Å². The molecule has 4 rings (SSSR count). The molecule has 3 fully saturated rings. The molecule has 1 unspecified atom stereocenters. The Labute approximate surface area is 167 Å². The molecule has 0 bridgehead atoms. The first-order chi connectivity index (χ1) is 13.3. The molecule has 1 saturated heterocycles. The van der Waals surface area contributed by atoms with Crippen molar-refractivity contribution in [3.63, 3.8) is 0 Å². The van der Waals surface area contributed by atoms with Gasteiger partial charge in [0.1, 0.15) is 16.7 Å². The van der Waals surface area contributed by atoms with Crippen molar-refractivity contribution >= 4 is 34.4 Å². The van der Waals surface area contributed by atoms with Crippen LogP contribution in [-0.2, 0) is 9.59 Å². The zero-order valence-electron chi connectivity index (χ0n) is 15.7. The maximum atomic E-state index is 14.7. The van der Waals surface area contributed by atoms with Gasteiger partial charge in [0.25, 0.3) is 0 Å². The number of carbonyl (C=O) groups is 2. The van der Waals surface area contributed by atoms with Gasteiger partial charge in [0, 0.05) is 12.5 Å². The number of rotatable bonds is 6. The maximum absolute atomic E-state index is 14.7. The number of nitrogens with zero attached hydrogens (tertiary/aromatic N) is 2. The lowest BCUT2D eigenvalue weighted by molar-refractivity contribution is -0.131. The predicted octanol–water partition coefficient (Wildman–Crippen LogP) is 3.63. The van der Waals surface area contributed by atoms with Gasteiger partial charge in [-0.2, -0.15) is 0 Å². The highest BCUT2D eigenvalue weighted by atomic mass is 32.2. The third kappa shape index (κ3) is 4.21. The molecule has 0 radical (unpaired) electrons. The summed E-state index contributed by atoms with van der Waals surface area (Å²) in [6, 6.07) is 4.80. The van der Waals surface area contributed by atoms with Gasteiger partial charge >= 0.3 is 0 Å². The highest BCUT2D eigenvalue weighted by Crippen LogP contribution is 2.40. The molecule has 2 saturated carbocycles. The fourth-order valence-corrected chi connectivity index (χ4v) is 4.47. The molecule has 1 aliphatic heterocycles. The van der Waals surface area contributed by atoms with E-state index in [-0.39, 0.29) is 36.6 Å². The molecule has 150 valence electrons. The maximum Gasteiger partial charge on any atom is 0.242 e. The van der Waals surface area contributed by atoms with Crippen molar-refractivity contribution < 1.29 is 18.4 Å². The van der Waals surface area contributed by atoms with E-state index >= 15 is 0 Å². The summed E-state index contributed by atoms with van der Waals surface area (Å²) in [5, 5.41) is 2.58. The molecular weight excluding hydrogens is 384 g/mol. The third-order valence-corrected chi connectivity index (χ3v) is 6.58. The van der Waals surface area contributed by atoms with Crippen LogP contribution in [0.25, 0.3) is 0 Å². The van der Waals surface area contributed by atoms with Crippen LogP contribution in [0, 0.1) is 12.7 Å². The Hall–Kier alpha value is -1.96. The van der Waals surface area contributed by atoms with E-state index in [1.807, 2.05) is 0 Å². The smallest absolute Gasteiger partial charge is 0.242 e. The number of hydrogen-bond donors (Lipinski definition) is 1. The summed E-state index contributed by atoms with van der Waals surface area (Å²) < 4.78 is 28.6. The van der Waals surface area contributed by atoms with E-state index in [9.17, 15) is 18.4 Å². The molecule has 3 aliphatic rings. The monoisotopic (exact) mass is 407 g/mol. The Morgan fingerprint density at radius 2 is 2.14 bits per heavy atom. The summed E-state index contributed by atoms with van der Waals surface area (Å²) in [5.74, 6) is -0.857. The normalized spacial score (nSPS) is 25.1. The Bertz CT molecular complexity index is 837. The van der Waals surface area contributed by atoms with E-state index in [0.29, 0.717) is 29.3 Å². The Kier molecular flexibility index (Phi) is 5.16. The van der Waals surface area contributed by atoms with Gasteiger partial charge in [0.15, 0.2) is 5.17 Å². The minimum atomic E-state index is -1.40. The first kappa shape index (κ1) is 19.4. The average Bonchev–Trinajstić information content (AvgIpc) is 3.38. The lowest BCUT2D eigenvalue weighted by atomic mass is 9.81. The standard InChI is InChI=1S/C20H23F2N3O2S/c1-12-3-4-14(9-15(12)21)24-19-25(11-20(22)7-2-8-20)18(27)16(28-19)10-17(26)23-13-5-6-13/h3-4,9,13,16H,2,5-8,10-11H2,1H3,(H,23,26). The second kappa shape index (κ2) is 7.46. The number of carbonyl (C=O) groups excluding carboxylic acids is 2. The highest BCUT2D eigenvalue weighted by Gasteiger charge is 2.46. The van der Waals surface area contributed by atoms with Crippen molar-refractivity contribution in [2.75, 3.05) is 6.54 Å².